The molecule has 2 amide bonds. The Labute approximate surface area is 125 Å². The van der Waals surface area contributed by atoms with E-state index in [0.29, 0.717) is 25.9 Å². The number of hydrogen-bond acceptors (Lipinski definition) is 3. The molecule has 2 heterocycles. The average molecular weight is 295 g/mol. The first-order valence-electron chi connectivity index (χ1n) is 8.01. The molecule has 0 unspecified atom stereocenters. The summed E-state index contributed by atoms with van der Waals surface area (Å²) < 4.78 is 0. The van der Waals surface area contributed by atoms with Gasteiger partial charge in [0.25, 0.3) is 0 Å². The van der Waals surface area contributed by atoms with E-state index in [4.69, 9.17) is 0 Å². The quantitative estimate of drug-likeness (QED) is 0.828. The van der Waals surface area contributed by atoms with Crippen LogP contribution in [0.4, 0.5) is 4.79 Å². The first-order chi connectivity index (χ1) is 9.99. The van der Waals surface area contributed by atoms with Crippen LogP contribution in [0, 0.1) is 5.41 Å². The number of carboxylic acid groups (broad SMARTS) is 1. The van der Waals surface area contributed by atoms with Gasteiger partial charge in [0.15, 0.2) is 0 Å². The number of hydrogen-bond donors (Lipinski definition) is 1. The summed E-state index contributed by atoms with van der Waals surface area (Å²) in [6.45, 7) is 6.48. The van der Waals surface area contributed by atoms with E-state index in [1.807, 2.05) is 9.80 Å². The van der Waals surface area contributed by atoms with Crippen molar-refractivity contribution in [1.29, 1.82) is 0 Å². The number of likely N-dealkylation sites (tertiary alicyclic amines) is 1. The topological polar surface area (TPSA) is 64.1 Å². The zero-order valence-electron chi connectivity index (χ0n) is 12.8. The highest BCUT2D eigenvalue weighted by atomic mass is 16.4. The molecule has 3 fully saturated rings. The minimum atomic E-state index is -0.743. The molecule has 3 rings (SSSR count). The summed E-state index contributed by atoms with van der Waals surface area (Å²) in [5.74, 6) is -0.743. The van der Waals surface area contributed by atoms with Crippen molar-refractivity contribution in [3.8, 4) is 0 Å². The van der Waals surface area contributed by atoms with Crippen molar-refractivity contribution in [3.63, 3.8) is 0 Å². The molecule has 3 aliphatic rings. The minimum absolute atomic E-state index is 0.0953. The number of rotatable bonds is 2. The lowest BCUT2D eigenvalue weighted by atomic mass is 9.80. The van der Waals surface area contributed by atoms with Gasteiger partial charge in [-0.1, -0.05) is 0 Å². The molecule has 0 spiro atoms. The smallest absolute Gasteiger partial charge is 0.320 e. The molecule has 6 heteroatoms. The van der Waals surface area contributed by atoms with Crippen LogP contribution in [-0.4, -0.2) is 77.1 Å². The lowest BCUT2D eigenvalue weighted by Gasteiger charge is -2.41. The third-order valence-electron chi connectivity index (χ3n) is 5.30. The number of urea groups is 1. The molecule has 118 valence electrons. The predicted molar refractivity (Wildman–Crippen MR) is 78.1 cm³/mol. The van der Waals surface area contributed by atoms with E-state index < -0.39 is 11.4 Å². The maximum atomic E-state index is 12.5. The van der Waals surface area contributed by atoms with Gasteiger partial charge in [0.1, 0.15) is 0 Å². The maximum Gasteiger partial charge on any atom is 0.320 e. The largest absolute Gasteiger partial charge is 0.481 e. The van der Waals surface area contributed by atoms with Crippen molar-refractivity contribution in [1.82, 2.24) is 14.7 Å². The predicted octanol–water partition coefficient (Wildman–Crippen LogP) is 1.07. The molecule has 1 N–H and O–H groups in total. The lowest BCUT2D eigenvalue weighted by Crippen LogP contribution is -2.55. The van der Waals surface area contributed by atoms with Crippen molar-refractivity contribution < 1.29 is 14.7 Å². The average Bonchev–Trinajstić information content (AvgIpc) is 3.32. The number of amides is 2. The molecule has 0 aromatic rings. The number of carbonyl (C=O) groups is 2. The molecule has 0 atom stereocenters. The SMILES string of the molecule is CC1(C(=O)O)CCN(C(=O)N2CCN(C3CC3)CC2)CC1. The summed E-state index contributed by atoms with van der Waals surface area (Å²) in [7, 11) is 0. The number of nitrogens with zero attached hydrogens (tertiary/aromatic N) is 3. The molecule has 0 aromatic heterocycles. The highest BCUT2D eigenvalue weighted by molar-refractivity contribution is 5.77. The first-order valence-corrected chi connectivity index (χ1v) is 8.01. The number of aliphatic carboxylic acids is 1. The van der Waals surface area contributed by atoms with Crippen LogP contribution in [0.5, 0.6) is 0 Å². The van der Waals surface area contributed by atoms with Gasteiger partial charge in [-0.15, -0.1) is 0 Å². The van der Waals surface area contributed by atoms with Crippen molar-refractivity contribution in [2.45, 2.75) is 38.6 Å². The van der Waals surface area contributed by atoms with Crippen molar-refractivity contribution in [3.05, 3.63) is 0 Å². The molecule has 21 heavy (non-hydrogen) atoms. The summed E-state index contributed by atoms with van der Waals surface area (Å²) in [4.78, 5) is 30.0. The van der Waals surface area contributed by atoms with E-state index in [9.17, 15) is 14.7 Å². The van der Waals surface area contributed by atoms with E-state index in [1.165, 1.54) is 12.8 Å². The van der Waals surface area contributed by atoms with E-state index in [0.717, 1.165) is 32.2 Å². The van der Waals surface area contributed by atoms with Crippen LogP contribution in [-0.2, 0) is 4.79 Å². The highest BCUT2D eigenvalue weighted by Crippen LogP contribution is 2.32. The molecule has 0 radical (unpaired) electrons. The van der Waals surface area contributed by atoms with E-state index in [-0.39, 0.29) is 6.03 Å². The number of piperidine rings is 1. The van der Waals surface area contributed by atoms with Gasteiger partial charge in [-0.3, -0.25) is 9.69 Å². The van der Waals surface area contributed by atoms with Gasteiger partial charge in [-0.2, -0.15) is 0 Å². The minimum Gasteiger partial charge on any atom is -0.481 e. The highest BCUT2D eigenvalue weighted by Gasteiger charge is 2.39. The fraction of sp³-hybridized carbons (Fsp3) is 0.867. The fourth-order valence-corrected chi connectivity index (χ4v) is 3.32. The van der Waals surface area contributed by atoms with Crippen LogP contribution >= 0.6 is 0 Å². The second kappa shape index (κ2) is 5.48. The zero-order valence-corrected chi connectivity index (χ0v) is 12.8. The van der Waals surface area contributed by atoms with Gasteiger partial charge >= 0.3 is 12.0 Å². The number of carboxylic acids is 1. The second-order valence-electron chi connectivity index (χ2n) is 6.89. The van der Waals surface area contributed by atoms with Crippen molar-refractivity contribution >= 4 is 12.0 Å². The number of piperazine rings is 1. The van der Waals surface area contributed by atoms with Gasteiger partial charge in [0, 0.05) is 45.3 Å². The van der Waals surface area contributed by atoms with Crippen LogP contribution in [0.1, 0.15) is 32.6 Å². The summed E-state index contributed by atoms with van der Waals surface area (Å²) >= 11 is 0. The van der Waals surface area contributed by atoms with E-state index in [1.54, 1.807) is 6.92 Å². The normalized spacial score (nSPS) is 26.7. The van der Waals surface area contributed by atoms with E-state index >= 15 is 0 Å². The standard InChI is InChI=1S/C15H25N3O3/c1-15(13(19)20)4-6-17(7-5-15)14(21)18-10-8-16(9-11-18)12-2-3-12/h12H,2-11H2,1H3,(H,19,20). The van der Waals surface area contributed by atoms with Gasteiger partial charge in [-0.25, -0.2) is 4.79 Å². The molecule has 0 aromatic carbocycles. The molecular formula is C15H25N3O3. The summed E-state index contributed by atoms with van der Waals surface area (Å²) in [6.07, 6.45) is 3.73. The summed E-state index contributed by atoms with van der Waals surface area (Å²) in [6, 6.07) is 0.867. The molecular weight excluding hydrogens is 270 g/mol. The van der Waals surface area contributed by atoms with Crippen LogP contribution < -0.4 is 0 Å². The Morgan fingerprint density at radius 3 is 1.95 bits per heavy atom. The van der Waals surface area contributed by atoms with Gasteiger partial charge < -0.3 is 14.9 Å². The summed E-state index contributed by atoms with van der Waals surface area (Å²) in [5.41, 5.74) is -0.665. The Hall–Kier alpha value is -1.30. The van der Waals surface area contributed by atoms with Crippen molar-refractivity contribution in [2.75, 3.05) is 39.3 Å². The summed E-state index contributed by atoms with van der Waals surface area (Å²) in [5, 5.41) is 9.24. The van der Waals surface area contributed by atoms with Gasteiger partial charge in [0.2, 0.25) is 0 Å². The van der Waals surface area contributed by atoms with Crippen LogP contribution in [0.2, 0.25) is 0 Å². The Kier molecular flexibility index (Phi) is 3.82. The molecule has 6 nitrogen and oxygen atoms in total. The van der Waals surface area contributed by atoms with E-state index in [2.05, 4.69) is 4.90 Å². The first kappa shape index (κ1) is 14.6. The Morgan fingerprint density at radius 1 is 0.952 bits per heavy atom. The van der Waals surface area contributed by atoms with Crippen molar-refractivity contribution in [2.24, 2.45) is 5.41 Å². The zero-order chi connectivity index (χ0) is 15.0. The molecule has 1 aliphatic carbocycles. The van der Waals surface area contributed by atoms with Crippen LogP contribution in [0.25, 0.3) is 0 Å². The molecule has 2 aliphatic heterocycles. The van der Waals surface area contributed by atoms with Gasteiger partial charge in [-0.05, 0) is 32.6 Å². The Morgan fingerprint density at radius 2 is 1.48 bits per heavy atom. The Bertz CT molecular complexity index is 420. The number of carbonyl (C=O) groups excluding carboxylic acids is 1. The second-order valence-corrected chi connectivity index (χ2v) is 6.89. The Balaban J connectivity index is 1.49. The monoisotopic (exact) mass is 295 g/mol. The third kappa shape index (κ3) is 3.00. The molecule has 0 bridgehead atoms. The maximum absolute atomic E-state index is 12.5. The van der Waals surface area contributed by atoms with Crippen LogP contribution in [0.3, 0.4) is 0 Å². The van der Waals surface area contributed by atoms with Gasteiger partial charge in [0.05, 0.1) is 5.41 Å². The van der Waals surface area contributed by atoms with Crippen LogP contribution in [0.15, 0.2) is 0 Å². The molecule has 1 saturated carbocycles. The third-order valence-corrected chi connectivity index (χ3v) is 5.30. The lowest BCUT2D eigenvalue weighted by molar-refractivity contribution is -0.150. The fourth-order valence-electron chi connectivity index (χ4n) is 3.32. The molecule has 2 saturated heterocycles.